The van der Waals surface area contributed by atoms with Crippen LogP contribution in [0.3, 0.4) is 0 Å². The van der Waals surface area contributed by atoms with Gasteiger partial charge in [0.1, 0.15) is 6.54 Å². The van der Waals surface area contributed by atoms with Gasteiger partial charge in [-0.05, 0) is 25.8 Å². The maximum atomic E-state index is 12.6. The monoisotopic (exact) mass is 326 g/mol. The topological polar surface area (TPSA) is 89.8 Å². The second-order valence-corrected chi connectivity index (χ2v) is 5.30. The van der Waals surface area contributed by atoms with E-state index in [9.17, 15) is 19.7 Å². The number of amides is 1. The van der Waals surface area contributed by atoms with Gasteiger partial charge in [0, 0.05) is 18.2 Å². The number of carbonyl (C=O) groups excluding carboxylic acids is 2. The lowest BCUT2D eigenvalue weighted by molar-refractivity contribution is -0.384. The molecule has 0 N–H and O–H groups in total. The van der Waals surface area contributed by atoms with E-state index in [2.05, 4.69) is 0 Å². The Hall–Kier alpha value is -2.15. The summed E-state index contributed by atoms with van der Waals surface area (Å²) in [4.78, 5) is 35.8. The van der Waals surface area contributed by atoms with Gasteiger partial charge in [0.15, 0.2) is 0 Å². The molecule has 0 radical (unpaired) electrons. The average molecular weight is 327 g/mol. The standard InChI is InChI=1S/C14H15ClN2O5/c1-2-22-13(18)8-16(9-3-4-9)14(19)11-7-10(17(20)21)5-6-12(11)15/h5-7,9H,2-4,8H2,1H3. The van der Waals surface area contributed by atoms with Crippen LogP contribution < -0.4 is 0 Å². The predicted octanol–water partition coefficient (Wildman–Crippen LogP) is 2.42. The summed E-state index contributed by atoms with van der Waals surface area (Å²) in [5, 5.41) is 10.9. The highest BCUT2D eigenvalue weighted by atomic mass is 35.5. The summed E-state index contributed by atoms with van der Waals surface area (Å²) in [7, 11) is 0. The minimum Gasteiger partial charge on any atom is -0.465 e. The zero-order chi connectivity index (χ0) is 16.3. The summed E-state index contributed by atoms with van der Waals surface area (Å²) in [6.07, 6.45) is 1.58. The van der Waals surface area contributed by atoms with Crippen molar-refractivity contribution in [2.45, 2.75) is 25.8 Å². The lowest BCUT2D eigenvalue weighted by Crippen LogP contribution is -2.38. The summed E-state index contributed by atoms with van der Waals surface area (Å²) in [5.74, 6) is -1.01. The number of non-ortho nitro benzene ring substituents is 1. The minimum atomic E-state index is -0.597. The molecular weight excluding hydrogens is 312 g/mol. The first-order valence-corrected chi connectivity index (χ1v) is 7.22. The third-order valence-electron chi connectivity index (χ3n) is 3.24. The van der Waals surface area contributed by atoms with Gasteiger partial charge < -0.3 is 9.64 Å². The third-order valence-corrected chi connectivity index (χ3v) is 3.57. The molecule has 0 heterocycles. The van der Waals surface area contributed by atoms with Crippen molar-refractivity contribution in [3.8, 4) is 0 Å². The fraction of sp³-hybridized carbons (Fsp3) is 0.429. The first kappa shape index (κ1) is 16.2. The van der Waals surface area contributed by atoms with Crippen LogP contribution in [0.4, 0.5) is 5.69 Å². The molecule has 8 heteroatoms. The molecule has 0 bridgehead atoms. The maximum absolute atomic E-state index is 12.6. The van der Waals surface area contributed by atoms with Crippen LogP contribution >= 0.6 is 11.6 Å². The first-order valence-electron chi connectivity index (χ1n) is 6.84. The molecule has 1 aliphatic carbocycles. The highest BCUT2D eigenvalue weighted by molar-refractivity contribution is 6.34. The normalized spacial score (nSPS) is 13.5. The predicted molar refractivity (Wildman–Crippen MR) is 78.8 cm³/mol. The second-order valence-electron chi connectivity index (χ2n) is 4.89. The molecule has 1 amide bonds. The van der Waals surface area contributed by atoms with Crippen LogP contribution in [0.5, 0.6) is 0 Å². The summed E-state index contributed by atoms with van der Waals surface area (Å²) < 4.78 is 4.85. The lowest BCUT2D eigenvalue weighted by Gasteiger charge is -2.21. The van der Waals surface area contributed by atoms with E-state index in [0.29, 0.717) is 0 Å². The quantitative estimate of drug-likeness (QED) is 0.455. The van der Waals surface area contributed by atoms with E-state index >= 15 is 0 Å². The van der Waals surface area contributed by atoms with Crippen molar-refractivity contribution in [3.63, 3.8) is 0 Å². The Morgan fingerprint density at radius 1 is 1.45 bits per heavy atom. The maximum Gasteiger partial charge on any atom is 0.325 e. The van der Waals surface area contributed by atoms with Crippen molar-refractivity contribution in [1.82, 2.24) is 4.90 Å². The Bertz CT molecular complexity index is 615. The fourth-order valence-corrected chi connectivity index (χ4v) is 2.24. The number of nitro benzene ring substituents is 1. The SMILES string of the molecule is CCOC(=O)CN(C(=O)c1cc([N+](=O)[O-])ccc1Cl)C1CC1. The molecule has 22 heavy (non-hydrogen) atoms. The Morgan fingerprint density at radius 3 is 2.68 bits per heavy atom. The Labute approximate surface area is 131 Å². The molecule has 0 atom stereocenters. The fourth-order valence-electron chi connectivity index (χ4n) is 2.04. The number of esters is 1. The van der Waals surface area contributed by atoms with E-state index in [0.717, 1.165) is 18.9 Å². The van der Waals surface area contributed by atoms with E-state index < -0.39 is 16.8 Å². The number of benzene rings is 1. The summed E-state index contributed by atoms with van der Waals surface area (Å²) >= 11 is 5.98. The van der Waals surface area contributed by atoms with Gasteiger partial charge in [-0.3, -0.25) is 19.7 Å². The molecule has 7 nitrogen and oxygen atoms in total. The molecule has 2 rings (SSSR count). The Kier molecular flexibility index (Phi) is 4.97. The van der Waals surface area contributed by atoms with Crippen molar-refractivity contribution in [3.05, 3.63) is 38.9 Å². The van der Waals surface area contributed by atoms with Gasteiger partial charge in [0.05, 0.1) is 22.1 Å². The van der Waals surface area contributed by atoms with Gasteiger partial charge in [0.2, 0.25) is 0 Å². The van der Waals surface area contributed by atoms with Gasteiger partial charge in [-0.1, -0.05) is 11.6 Å². The van der Waals surface area contributed by atoms with Crippen LogP contribution in [0.2, 0.25) is 5.02 Å². The molecule has 0 unspecified atom stereocenters. The van der Waals surface area contributed by atoms with Gasteiger partial charge in [-0.15, -0.1) is 0 Å². The van der Waals surface area contributed by atoms with E-state index in [1.54, 1.807) is 6.92 Å². The number of ether oxygens (including phenoxy) is 1. The number of hydrogen-bond acceptors (Lipinski definition) is 5. The van der Waals surface area contributed by atoms with Crippen molar-refractivity contribution < 1.29 is 19.2 Å². The average Bonchev–Trinajstić information content (AvgIpc) is 3.29. The van der Waals surface area contributed by atoms with Gasteiger partial charge in [-0.2, -0.15) is 0 Å². The van der Waals surface area contributed by atoms with Crippen molar-refractivity contribution in [1.29, 1.82) is 0 Å². The number of rotatable bonds is 6. The molecule has 0 saturated heterocycles. The van der Waals surface area contributed by atoms with Crippen LogP contribution in [0.1, 0.15) is 30.1 Å². The number of hydrogen-bond donors (Lipinski definition) is 0. The second kappa shape index (κ2) is 6.74. The zero-order valence-corrected chi connectivity index (χ0v) is 12.7. The molecule has 1 aromatic rings. The molecule has 1 aliphatic rings. The molecule has 1 fully saturated rings. The molecule has 1 aromatic carbocycles. The van der Waals surface area contributed by atoms with Gasteiger partial charge >= 0.3 is 5.97 Å². The van der Waals surface area contributed by atoms with Gasteiger partial charge in [0.25, 0.3) is 11.6 Å². The van der Waals surface area contributed by atoms with Crippen LogP contribution in [0.15, 0.2) is 18.2 Å². The molecule has 0 aliphatic heterocycles. The van der Waals surface area contributed by atoms with Crippen LogP contribution in [0, 0.1) is 10.1 Å². The highest BCUT2D eigenvalue weighted by Crippen LogP contribution is 2.30. The van der Waals surface area contributed by atoms with Crippen LogP contribution in [0.25, 0.3) is 0 Å². The Balaban J connectivity index is 2.25. The molecule has 118 valence electrons. The molecule has 1 saturated carbocycles. The van der Waals surface area contributed by atoms with Crippen molar-refractivity contribution in [2.75, 3.05) is 13.2 Å². The Morgan fingerprint density at radius 2 is 2.14 bits per heavy atom. The number of carbonyl (C=O) groups is 2. The van der Waals surface area contributed by atoms with E-state index in [1.165, 1.54) is 17.0 Å². The van der Waals surface area contributed by atoms with Crippen LogP contribution in [-0.2, 0) is 9.53 Å². The zero-order valence-electron chi connectivity index (χ0n) is 12.0. The van der Waals surface area contributed by atoms with Crippen LogP contribution in [-0.4, -0.2) is 40.9 Å². The summed E-state index contributed by atoms with van der Waals surface area (Å²) in [6, 6.07) is 3.62. The van der Waals surface area contributed by atoms with Gasteiger partial charge in [-0.25, -0.2) is 0 Å². The molecule has 0 aromatic heterocycles. The largest absolute Gasteiger partial charge is 0.465 e. The summed E-state index contributed by atoms with van der Waals surface area (Å²) in [5.41, 5.74) is -0.202. The lowest BCUT2D eigenvalue weighted by atomic mass is 10.1. The minimum absolute atomic E-state index is 0.0204. The number of nitro groups is 1. The number of halogens is 1. The highest BCUT2D eigenvalue weighted by Gasteiger charge is 2.35. The van der Waals surface area contributed by atoms with E-state index in [1.807, 2.05) is 0 Å². The number of nitrogens with zero attached hydrogens (tertiary/aromatic N) is 2. The molecule has 0 spiro atoms. The van der Waals surface area contributed by atoms with Crippen molar-refractivity contribution >= 4 is 29.2 Å². The van der Waals surface area contributed by atoms with E-state index in [4.69, 9.17) is 16.3 Å². The van der Waals surface area contributed by atoms with Crippen molar-refractivity contribution in [2.24, 2.45) is 0 Å². The van der Waals surface area contributed by atoms with E-state index in [-0.39, 0.29) is 35.5 Å². The summed E-state index contributed by atoms with van der Waals surface area (Å²) in [6.45, 7) is 1.72. The smallest absolute Gasteiger partial charge is 0.325 e. The molecular formula is C14H15ClN2O5. The third kappa shape index (κ3) is 3.73. The first-order chi connectivity index (χ1) is 10.4.